The minimum Gasteiger partial charge on any atom is -0.252 e. The van der Waals surface area contributed by atoms with Gasteiger partial charge in [0.2, 0.25) is 0 Å². The summed E-state index contributed by atoms with van der Waals surface area (Å²) in [5.41, 5.74) is 4.86. The van der Waals surface area contributed by atoms with Gasteiger partial charge in [-0.25, -0.2) is 0 Å². The maximum Gasteiger partial charge on any atom is 0.0824 e. The van der Waals surface area contributed by atoms with Crippen LogP contribution in [0.3, 0.4) is 0 Å². The fourth-order valence-corrected chi connectivity index (χ4v) is 6.76. The molecule has 0 aromatic carbocycles. The van der Waals surface area contributed by atoms with Gasteiger partial charge in [0.05, 0.1) is 22.8 Å². The van der Waals surface area contributed by atoms with Crippen LogP contribution in [-0.4, -0.2) is 60.0 Å². The Labute approximate surface area is 453 Å². The Bertz CT molecular complexity index is 2280. The van der Waals surface area contributed by atoms with Crippen LogP contribution in [-0.2, 0) is 51.9 Å². The maximum absolute atomic E-state index is 4.12. The van der Waals surface area contributed by atoms with Crippen molar-refractivity contribution in [1.29, 1.82) is 0 Å². The summed E-state index contributed by atoms with van der Waals surface area (Å²) >= 11 is 0. The molecule has 0 radical (unpaired) electrons. The topological polar surface area (TPSA) is 123 Å². The van der Waals surface area contributed by atoms with E-state index in [1.54, 1.807) is 0 Å². The number of unbranched alkanes of at least 4 members (excludes halogenated alkanes) is 14. The molecule has 0 aliphatic heterocycles. The van der Waals surface area contributed by atoms with E-state index in [-0.39, 0.29) is 21.7 Å². The molecule has 4 rings (SSSR count). The molecule has 0 saturated carbocycles. The van der Waals surface area contributed by atoms with E-state index in [1.807, 2.05) is 31.1 Å². The van der Waals surface area contributed by atoms with Crippen molar-refractivity contribution >= 4 is 0 Å². The standard InChI is InChI=1S/C17H29N3.C16H27N3.C15H25N3.C14H23N3/c1-5-16-15-20(19-18-16)14-12-10-8-6-7-9-11-13-17(2,3)4;1-5-15-14-19(18-17-15)13-11-9-7-6-8-10-12-16(2,3)4;1-5-14-13-18(17-16-14)12-10-8-6-7-9-11-15(2,3)4;1-5-13-12-17(16-15-13)11-9-7-6-8-10-14(2,3)4/h15H,5-10,12,14H2,1-4H3;14H,5-9,11,13H2,1-4H3;13H,5-8,10,12H2,1-4H3;12H,5-7,9,11H2,1-4H3. The molecule has 0 unspecified atom stereocenters. The Morgan fingerprint density at radius 3 is 0.703 bits per heavy atom. The number of hydrogen-bond donors (Lipinski definition) is 0. The van der Waals surface area contributed by atoms with Gasteiger partial charge >= 0.3 is 0 Å². The van der Waals surface area contributed by atoms with Gasteiger partial charge in [-0.15, -0.1) is 44.1 Å². The molecular weight excluding hydrogens is 913 g/mol. The molecular formula is C62H104N12. The van der Waals surface area contributed by atoms with Crippen molar-refractivity contribution < 1.29 is 0 Å². The van der Waals surface area contributed by atoms with Crippen LogP contribution in [0.1, 0.15) is 249 Å². The lowest BCUT2D eigenvalue weighted by Gasteiger charge is -2.06. The molecule has 12 nitrogen and oxygen atoms in total. The SMILES string of the molecule is CCc1cn(CCCCC#CC(C)(C)C)nn1.CCc1cn(CCCCCC#CC(C)(C)C)nn1.CCc1cn(CCCCCCC#CC(C)(C)C)nn1.CCc1cn(CCCCCCCC#CC(C)(C)C)nn1. The Morgan fingerprint density at radius 1 is 0.297 bits per heavy atom. The molecule has 0 spiro atoms. The molecule has 0 bridgehead atoms. The minimum atomic E-state index is 0.127. The highest BCUT2D eigenvalue weighted by Gasteiger charge is 2.06. The fourth-order valence-electron chi connectivity index (χ4n) is 6.76. The summed E-state index contributed by atoms with van der Waals surface area (Å²) in [5, 5.41) is 32.7. The first-order valence-corrected chi connectivity index (χ1v) is 28.6. The molecule has 4 aromatic rings. The van der Waals surface area contributed by atoms with Crippen molar-refractivity contribution in [3.63, 3.8) is 0 Å². The number of aromatic nitrogens is 12. The Hall–Kier alpha value is -5.20. The van der Waals surface area contributed by atoms with Crippen molar-refractivity contribution in [1.82, 2.24) is 60.0 Å². The molecule has 0 amide bonds. The van der Waals surface area contributed by atoms with Gasteiger partial charge in [0.15, 0.2) is 0 Å². The van der Waals surface area contributed by atoms with Crippen molar-refractivity contribution in [2.24, 2.45) is 21.7 Å². The predicted molar refractivity (Wildman–Crippen MR) is 310 cm³/mol. The normalized spacial score (nSPS) is 11.1. The van der Waals surface area contributed by atoms with E-state index in [0.29, 0.717) is 0 Å². The van der Waals surface area contributed by atoms with Crippen molar-refractivity contribution in [3.8, 4) is 47.4 Å². The van der Waals surface area contributed by atoms with Crippen LogP contribution in [0.5, 0.6) is 0 Å². The van der Waals surface area contributed by atoms with Crippen molar-refractivity contribution in [2.75, 3.05) is 0 Å². The van der Waals surface area contributed by atoms with Gasteiger partial charge in [0, 0.05) is 98.3 Å². The highest BCUT2D eigenvalue weighted by molar-refractivity contribution is 5.09. The Balaban J connectivity index is 0.000000494. The second kappa shape index (κ2) is 38.4. The van der Waals surface area contributed by atoms with E-state index < -0.39 is 0 Å². The van der Waals surface area contributed by atoms with Gasteiger partial charge in [-0.3, -0.25) is 18.7 Å². The van der Waals surface area contributed by atoms with Crippen molar-refractivity contribution in [2.45, 2.75) is 278 Å². The molecule has 4 aromatic heterocycles. The van der Waals surface area contributed by atoms with Crippen LogP contribution in [0.25, 0.3) is 0 Å². The van der Waals surface area contributed by atoms with Gasteiger partial charge in [-0.1, -0.05) is 111 Å². The number of nitrogens with zero attached hydrogens (tertiary/aromatic N) is 12. The number of aryl methyl sites for hydroxylation is 8. The van der Waals surface area contributed by atoms with E-state index in [1.165, 1.54) is 70.6 Å². The average Bonchev–Trinajstić information content (AvgIpc) is 4.18. The molecule has 0 N–H and O–H groups in total. The number of hydrogen-bond acceptors (Lipinski definition) is 8. The molecule has 0 aliphatic carbocycles. The maximum atomic E-state index is 4.12. The third-order valence-corrected chi connectivity index (χ3v) is 10.9. The third-order valence-electron chi connectivity index (χ3n) is 10.9. The van der Waals surface area contributed by atoms with Crippen LogP contribution in [0.2, 0.25) is 0 Å². The van der Waals surface area contributed by atoms with Crippen LogP contribution in [0.4, 0.5) is 0 Å². The van der Waals surface area contributed by atoms with E-state index in [0.717, 1.165) is 120 Å². The summed E-state index contributed by atoms with van der Waals surface area (Å²) in [6.07, 6.45) is 33.1. The summed E-state index contributed by atoms with van der Waals surface area (Å²) in [6, 6.07) is 0. The minimum absolute atomic E-state index is 0.127. The monoisotopic (exact) mass is 1020 g/mol. The summed E-state index contributed by atoms with van der Waals surface area (Å²) < 4.78 is 7.79. The highest BCUT2D eigenvalue weighted by atomic mass is 15.4. The van der Waals surface area contributed by atoms with Gasteiger partial charge in [-0.05, 0) is 160 Å². The van der Waals surface area contributed by atoms with E-state index in [2.05, 4.69) is 212 Å². The highest BCUT2D eigenvalue weighted by Crippen LogP contribution is 2.14. The zero-order valence-electron chi connectivity index (χ0n) is 50.1. The molecule has 0 saturated heterocycles. The first-order chi connectivity index (χ1) is 35.0. The molecule has 74 heavy (non-hydrogen) atoms. The zero-order valence-corrected chi connectivity index (χ0v) is 50.1. The summed E-state index contributed by atoms with van der Waals surface area (Å²) in [7, 11) is 0. The van der Waals surface area contributed by atoms with Gasteiger partial charge in [-0.2, -0.15) is 0 Å². The molecule has 0 aliphatic rings. The quantitative estimate of drug-likeness (QED) is 0.0450. The second-order valence-electron chi connectivity index (χ2n) is 23.5. The largest absolute Gasteiger partial charge is 0.252 e. The zero-order chi connectivity index (χ0) is 55.1. The molecule has 4 heterocycles. The lowest BCUT2D eigenvalue weighted by atomic mass is 9.97. The molecule has 0 fully saturated rings. The first-order valence-electron chi connectivity index (χ1n) is 28.6. The lowest BCUT2D eigenvalue weighted by molar-refractivity contribution is 0.518. The number of rotatable bonds is 26. The summed E-state index contributed by atoms with van der Waals surface area (Å²) in [4.78, 5) is 0. The third kappa shape index (κ3) is 40.2. The van der Waals surface area contributed by atoms with E-state index in [4.69, 9.17) is 0 Å². The summed E-state index contributed by atoms with van der Waals surface area (Å²) in [5.74, 6) is 26.1. The smallest absolute Gasteiger partial charge is 0.0824 e. The molecule has 412 valence electrons. The predicted octanol–water partition coefficient (Wildman–Crippen LogP) is 14.6. The van der Waals surface area contributed by atoms with E-state index in [9.17, 15) is 0 Å². The van der Waals surface area contributed by atoms with Gasteiger partial charge in [0.25, 0.3) is 0 Å². The first kappa shape index (κ1) is 66.8. The van der Waals surface area contributed by atoms with Crippen molar-refractivity contribution in [3.05, 3.63) is 47.6 Å². The molecule has 0 atom stereocenters. The van der Waals surface area contributed by atoms with Gasteiger partial charge in [0.1, 0.15) is 0 Å². The van der Waals surface area contributed by atoms with Crippen LogP contribution in [0.15, 0.2) is 24.8 Å². The fraction of sp³-hybridized carbons (Fsp3) is 0.742. The van der Waals surface area contributed by atoms with Crippen LogP contribution >= 0.6 is 0 Å². The Kier molecular flexibility index (Phi) is 34.6. The summed E-state index contributed by atoms with van der Waals surface area (Å²) in [6.45, 7) is 38.1. The Morgan fingerprint density at radius 2 is 0.486 bits per heavy atom. The van der Waals surface area contributed by atoms with Crippen LogP contribution < -0.4 is 0 Å². The van der Waals surface area contributed by atoms with E-state index >= 15 is 0 Å². The molecule has 12 heteroatoms. The second-order valence-corrected chi connectivity index (χ2v) is 23.5. The van der Waals surface area contributed by atoms with Crippen LogP contribution in [0, 0.1) is 69.0 Å². The van der Waals surface area contributed by atoms with Gasteiger partial charge < -0.3 is 0 Å². The lowest BCUT2D eigenvalue weighted by Crippen LogP contribution is -2.00. The average molecular weight is 1020 g/mol.